The van der Waals surface area contributed by atoms with Gasteiger partial charge in [0.25, 0.3) is 0 Å². The lowest BCUT2D eigenvalue weighted by molar-refractivity contribution is 0.486. The molecule has 1 atom stereocenters. The first-order valence-electron chi connectivity index (χ1n) is 5.11. The maximum Gasteiger partial charge on any atom is 0.122 e. The van der Waals surface area contributed by atoms with E-state index < -0.39 is 0 Å². The Morgan fingerprint density at radius 1 is 1.60 bits per heavy atom. The van der Waals surface area contributed by atoms with Gasteiger partial charge in [-0.3, -0.25) is 0 Å². The van der Waals surface area contributed by atoms with Crippen molar-refractivity contribution in [3.05, 3.63) is 23.6 Å². The SMILES string of the molecule is CCC(C)n1nc(-c2cccs2)cc1N. The maximum absolute atomic E-state index is 5.93. The van der Waals surface area contributed by atoms with E-state index in [-0.39, 0.29) is 0 Å². The van der Waals surface area contributed by atoms with Crippen molar-refractivity contribution in [3.8, 4) is 10.6 Å². The molecule has 0 aliphatic carbocycles. The third-order valence-corrected chi connectivity index (χ3v) is 3.44. The van der Waals surface area contributed by atoms with Gasteiger partial charge in [0.05, 0.1) is 10.9 Å². The highest BCUT2D eigenvalue weighted by atomic mass is 32.1. The minimum absolute atomic E-state index is 0.360. The van der Waals surface area contributed by atoms with Gasteiger partial charge in [-0.15, -0.1) is 11.3 Å². The Morgan fingerprint density at radius 2 is 2.40 bits per heavy atom. The summed E-state index contributed by atoms with van der Waals surface area (Å²) in [5.41, 5.74) is 6.90. The van der Waals surface area contributed by atoms with Gasteiger partial charge in [-0.25, -0.2) is 4.68 Å². The summed E-state index contributed by atoms with van der Waals surface area (Å²) in [7, 11) is 0. The number of rotatable bonds is 3. The highest BCUT2D eigenvalue weighted by Gasteiger charge is 2.11. The van der Waals surface area contributed by atoms with E-state index >= 15 is 0 Å². The fraction of sp³-hybridized carbons (Fsp3) is 0.364. The quantitative estimate of drug-likeness (QED) is 0.865. The molecule has 0 saturated carbocycles. The highest BCUT2D eigenvalue weighted by molar-refractivity contribution is 7.13. The zero-order valence-electron chi connectivity index (χ0n) is 8.97. The molecule has 0 aromatic carbocycles. The van der Waals surface area contributed by atoms with Crippen molar-refractivity contribution in [1.82, 2.24) is 9.78 Å². The molecule has 0 fully saturated rings. The summed E-state index contributed by atoms with van der Waals surface area (Å²) in [4.78, 5) is 1.17. The summed E-state index contributed by atoms with van der Waals surface area (Å²) in [6.45, 7) is 4.26. The number of thiophene rings is 1. The molecular weight excluding hydrogens is 206 g/mol. The smallest absolute Gasteiger partial charge is 0.122 e. The number of nitrogens with two attached hydrogens (primary N) is 1. The highest BCUT2D eigenvalue weighted by Crippen LogP contribution is 2.26. The molecule has 0 radical (unpaired) electrons. The first-order valence-corrected chi connectivity index (χ1v) is 5.99. The Morgan fingerprint density at radius 3 is 3.00 bits per heavy atom. The lowest BCUT2D eigenvalue weighted by Gasteiger charge is -2.10. The molecule has 0 spiro atoms. The Balaban J connectivity index is 2.37. The lowest BCUT2D eigenvalue weighted by Crippen LogP contribution is -2.08. The summed E-state index contributed by atoms with van der Waals surface area (Å²) in [5.74, 6) is 0.743. The van der Waals surface area contributed by atoms with E-state index in [1.807, 2.05) is 22.2 Å². The van der Waals surface area contributed by atoms with Gasteiger partial charge in [0.15, 0.2) is 0 Å². The third-order valence-electron chi connectivity index (χ3n) is 2.55. The lowest BCUT2D eigenvalue weighted by atomic mass is 10.3. The summed E-state index contributed by atoms with van der Waals surface area (Å²) in [5, 5.41) is 6.57. The van der Waals surface area contributed by atoms with Crippen LogP contribution in [-0.4, -0.2) is 9.78 Å². The van der Waals surface area contributed by atoms with E-state index in [0.717, 1.165) is 17.9 Å². The first kappa shape index (κ1) is 10.2. The van der Waals surface area contributed by atoms with Crippen LogP contribution in [0.4, 0.5) is 5.82 Å². The van der Waals surface area contributed by atoms with Crippen molar-refractivity contribution in [1.29, 1.82) is 0 Å². The second-order valence-electron chi connectivity index (χ2n) is 3.63. The summed E-state index contributed by atoms with van der Waals surface area (Å²) >= 11 is 1.69. The fourth-order valence-corrected chi connectivity index (χ4v) is 2.16. The summed E-state index contributed by atoms with van der Waals surface area (Å²) < 4.78 is 1.90. The van der Waals surface area contributed by atoms with E-state index in [1.165, 1.54) is 4.88 Å². The second-order valence-corrected chi connectivity index (χ2v) is 4.58. The van der Waals surface area contributed by atoms with Crippen molar-refractivity contribution in [2.75, 3.05) is 5.73 Å². The maximum atomic E-state index is 5.93. The van der Waals surface area contributed by atoms with Gasteiger partial charge in [0.1, 0.15) is 11.5 Å². The van der Waals surface area contributed by atoms with E-state index in [0.29, 0.717) is 6.04 Å². The molecular formula is C11H15N3S. The number of hydrogen-bond acceptors (Lipinski definition) is 3. The van der Waals surface area contributed by atoms with Crippen molar-refractivity contribution < 1.29 is 0 Å². The second kappa shape index (κ2) is 4.06. The van der Waals surface area contributed by atoms with E-state index in [1.54, 1.807) is 11.3 Å². The van der Waals surface area contributed by atoms with Gasteiger partial charge < -0.3 is 5.73 Å². The molecule has 15 heavy (non-hydrogen) atoms. The molecule has 0 bridgehead atoms. The Labute approximate surface area is 93.5 Å². The van der Waals surface area contributed by atoms with E-state index in [2.05, 4.69) is 25.0 Å². The summed E-state index contributed by atoms with van der Waals surface area (Å²) in [6, 6.07) is 6.39. The van der Waals surface area contributed by atoms with Crippen LogP contribution in [0.3, 0.4) is 0 Å². The first-order chi connectivity index (χ1) is 7.22. The molecule has 0 aliphatic heterocycles. The molecule has 2 N–H and O–H groups in total. The van der Waals surface area contributed by atoms with E-state index in [4.69, 9.17) is 5.73 Å². The van der Waals surface area contributed by atoms with Gasteiger partial charge in [0, 0.05) is 6.07 Å². The summed E-state index contributed by atoms with van der Waals surface area (Å²) in [6.07, 6.45) is 1.04. The molecule has 0 saturated heterocycles. The normalized spacial score (nSPS) is 12.9. The van der Waals surface area contributed by atoms with Crippen LogP contribution < -0.4 is 5.73 Å². The number of hydrogen-bond donors (Lipinski definition) is 1. The Bertz CT molecular complexity index is 431. The minimum Gasteiger partial charge on any atom is -0.384 e. The van der Waals surface area contributed by atoms with Crippen LogP contribution in [0, 0.1) is 0 Å². The predicted molar refractivity (Wildman–Crippen MR) is 65.0 cm³/mol. The predicted octanol–water partition coefficient (Wildman–Crippen LogP) is 3.16. The number of nitrogens with zero attached hydrogens (tertiary/aromatic N) is 2. The topological polar surface area (TPSA) is 43.8 Å². The number of nitrogen functional groups attached to an aromatic ring is 1. The molecule has 4 heteroatoms. The monoisotopic (exact) mass is 221 g/mol. The van der Waals surface area contributed by atoms with Crippen LogP contribution in [0.1, 0.15) is 26.3 Å². The fourth-order valence-electron chi connectivity index (χ4n) is 1.48. The average Bonchev–Trinajstić information content (AvgIpc) is 2.84. The van der Waals surface area contributed by atoms with Gasteiger partial charge in [-0.1, -0.05) is 13.0 Å². The Hall–Kier alpha value is -1.29. The zero-order valence-corrected chi connectivity index (χ0v) is 9.79. The molecule has 80 valence electrons. The van der Waals surface area contributed by atoms with Crippen LogP contribution in [-0.2, 0) is 0 Å². The van der Waals surface area contributed by atoms with Crippen LogP contribution in [0.15, 0.2) is 23.6 Å². The molecule has 2 aromatic heterocycles. The molecule has 0 aliphatic rings. The van der Waals surface area contributed by atoms with Crippen LogP contribution in [0.2, 0.25) is 0 Å². The minimum atomic E-state index is 0.360. The molecule has 3 nitrogen and oxygen atoms in total. The van der Waals surface area contributed by atoms with Crippen molar-refractivity contribution in [3.63, 3.8) is 0 Å². The largest absolute Gasteiger partial charge is 0.384 e. The number of aromatic nitrogens is 2. The molecule has 1 unspecified atom stereocenters. The zero-order chi connectivity index (χ0) is 10.8. The Kier molecular flexibility index (Phi) is 2.77. The third kappa shape index (κ3) is 1.90. The molecule has 0 amide bonds. The van der Waals surface area contributed by atoms with Crippen molar-refractivity contribution in [2.24, 2.45) is 0 Å². The van der Waals surface area contributed by atoms with Crippen LogP contribution >= 0.6 is 11.3 Å². The van der Waals surface area contributed by atoms with Crippen molar-refractivity contribution in [2.45, 2.75) is 26.3 Å². The van der Waals surface area contributed by atoms with Crippen molar-refractivity contribution >= 4 is 17.2 Å². The van der Waals surface area contributed by atoms with E-state index in [9.17, 15) is 0 Å². The van der Waals surface area contributed by atoms with Gasteiger partial charge in [-0.2, -0.15) is 5.10 Å². The van der Waals surface area contributed by atoms with Crippen LogP contribution in [0.5, 0.6) is 0 Å². The molecule has 2 aromatic rings. The average molecular weight is 221 g/mol. The molecule has 2 rings (SSSR count). The standard InChI is InChI=1S/C11H15N3S/c1-3-8(2)14-11(12)7-9(13-14)10-5-4-6-15-10/h4-8H,3,12H2,1-2H3. The van der Waals surface area contributed by atoms with Gasteiger partial charge in [0.2, 0.25) is 0 Å². The molecule has 2 heterocycles. The van der Waals surface area contributed by atoms with Gasteiger partial charge >= 0.3 is 0 Å². The van der Waals surface area contributed by atoms with Gasteiger partial charge in [-0.05, 0) is 24.8 Å². The van der Waals surface area contributed by atoms with Crippen LogP contribution in [0.25, 0.3) is 10.6 Å². The number of anilines is 1.